The Balaban J connectivity index is 2.00. The summed E-state index contributed by atoms with van der Waals surface area (Å²) < 4.78 is 2.33. The second-order valence-corrected chi connectivity index (χ2v) is 3.58. The van der Waals surface area contributed by atoms with E-state index in [1.165, 1.54) is 19.3 Å². The lowest BCUT2D eigenvalue weighted by molar-refractivity contribution is 0.494. The molecule has 2 unspecified atom stereocenters. The van der Waals surface area contributed by atoms with Crippen LogP contribution in [0.1, 0.15) is 25.3 Å². The molecule has 2 heteroatoms. The van der Waals surface area contributed by atoms with Crippen LogP contribution in [0.2, 0.25) is 0 Å². The Morgan fingerprint density at radius 3 is 2.58 bits per heavy atom. The normalized spacial score (nSPS) is 29.4. The van der Waals surface area contributed by atoms with Crippen molar-refractivity contribution in [3.8, 4) is 0 Å². The lowest BCUT2D eigenvalue weighted by atomic mass is 10.2. The predicted octanol–water partition coefficient (Wildman–Crippen LogP) is 1.80. The van der Waals surface area contributed by atoms with E-state index in [1.54, 1.807) is 0 Å². The average Bonchev–Trinajstić information content (AvgIpc) is 2.75. The van der Waals surface area contributed by atoms with Crippen LogP contribution in [0.25, 0.3) is 0 Å². The van der Waals surface area contributed by atoms with Gasteiger partial charge >= 0.3 is 0 Å². The minimum atomic E-state index is 0.734. The molecule has 2 nitrogen and oxygen atoms in total. The van der Waals surface area contributed by atoms with Gasteiger partial charge in [0.05, 0.1) is 0 Å². The van der Waals surface area contributed by atoms with Crippen LogP contribution in [-0.2, 0) is 0 Å². The second kappa shape index (κ2) is 3.31. The van der Waals surface area contributed by atoms with Gasteiger partial charge in [0, 0.05) is 24.5 Å². The topological polar surface area (TPSA) is 17.0 Å². The summed E-state index contributed by atoms with van der Waals surface area (Å²) in [6.07, 6.45) is 8.26. The SMILES string of the molecule is CNC1CCC(n2cccc2)C1. The summed E-state index contributed by atoms with van der Waals surface area (Å²) in [5.74, 6) is 0. The molecule has 1 N–H and O–H groups in total. The minimum Gasteiger partial charge on any atom is -0.351 e. The highest BCUT2D eigenvalue weighted by atomic mass is 15.0. The molecule has 66 valence electrons. The molecule has 1 aliphatic carbocycles. The minimum absolute atomic E-state index is 0.734. The molecule has 2 rings (SSSR count). The third-order valence-corrected chi connectivity index (χ3v) is 2.86. The molecule has 1 aromatic heterocycles. The zero-order valence-corrected chi connectivity index (χ0v) is 7.53. The van der Waals surface area contributed by atoms with Gasteiger partial charge in [0.25, 0.3) is 0 Å². The van der Waals surface area contributed by atoms with E-state index in [4.69, 9.17) is 0 Å². The Labute approximate surface area is 73.6 Å². The summed E-state index contributed by atoms with van der Waals surface area (Å²) in [4.78, 5) is 0. The van der Waals surface area contributed by atoms with Gasteiger partial charge in [0.1, 0.15) is 0 Å². The third-order valence-electron chi connectivity index (χ3n) is 2.86. The highest BCUT2D eigenvalue weighted by Crippen LogP contribution is 2.29. The maximum absolute atomic E-state index is 3.34. The van der Waals surface area contributed by atoms with Crippen molar-refractivity contribution in [2.45, 2.75) is 31.3 Å². The van der Waals surface area contributed by atoms with Gasteiger partial charge in [-0.3, -0.25) is 0 Å². The maximum atomic E-state index is 3.34. The van der Waals surface area contributed by atoms with Crippen LogP contribution >= 0.6 is 0 Å². The van der Waals surface area contributed by atoms with Crippen LogP contribution in [0.3, 0.4) is 0 Å². The van der Waals surface area contributed by atoms with Gasteiger partial charge in [-0.15, -0.1) is 0 Å². The molecule has 0 amide bonds. The van der Waals surface area contributed by atoms with Crippen molar-refractivity contribution < 1.29 is 0 Å². The van der Waals surface area contributed by atoms with Crippen molar-refractivity contribution in [3.05, 3.63) is 24.5 Å². The number of rotatable bonds is 2. The summed E-state index contributed by atoms with van der Waals surface area (Å²) in [7, 11) is 2.06. The van der Waals surface area contributed by atoms with Crippen LogP contribution in [0.5, 0.6) is 0 Å². The Morgan fingerprint density at radius 2 is 2.00 bits per heavy atom. The number of nitrogens with one attached hydrogen (secondary N) is 1. The first-order valence-corrected chi connectivity index (χ1v) is 4.70. The number of hydrogen-bond acceptors (Lipinski definition) is 1. The fourth-order valence-corrected chi connectivity index (χ4v) is 2.08. The third kappa shape index (κ3) is 1.39. The Kier molecular flexibility index (Phi) is 2.17. The Hall–Kier alpha value is -0.760. The molecule has 1 saturated carbocycles. The zero-order chi connectivity index (χ0) is 8.39. The number of nitrogens with zero attached hydrogens (tertiary/aromatic N) is 1. The van der Waals surface area contributed by atoms with E-state index in [1.807, 2.05) is 0 Å². The van der Waals surface area contributed by atoms with Crippen LogP contribution < -0.4 is 5.32 Å². The molecular weight excluding hydrogens is 148 g/mol. The fourth-order valence-electron chi connectivity index (χ4n) is 2.08. The number of hydrogen-bond donors (Lipinski definition) is 1. The van der Waals surface area contributed by atoms with Gasteiger partial charge in [-0.1, -0.05) is 0 Å². The molecule has 0 aliphatic heterocycles. The summed E-state index contributed by atoms with van der Waals surface area (Å²) in [5, 5.41) is 3.34. The lowest BCUT2D eigenvalue weighted by Gasteiger charge is -2.12. The predicted molar refractivity (Wildman–Crippen MR) is 50.2 cm³/mol. The van der Waals surface area contributed by atoms with E-state index in [9.17, 15) is 0 Å². The molecule has 2 atom stereocenters. The van der Waals surface area contributed by atoms with E-state index < -0.39 is 0 Å². The highest BCUT2D eigenvalue weighted by molar-refractivity contribution is 4.95. The van der Waals surface area contributed by atoms with Gasteiger partial charge in [0.2, 0.25) is 0 Å². The maximum Gasteiger partial charge on any atom is 0.0346 e. The molecule has 1 aliphatic rings. The summed E-state index contributed by atoms with van der Waals surface area (Å²) >= 11 is 0. The van der Waals surface area contributed by atoms with Crippen molar-refractivity contribution in [2.24, 2.45) is 0 Å². The molecule has 1 heterocycles. The zero-order valence-electron chi connectivity index (χ0n) is 7.53. The smallest absolute Gasteiger partial charge is 0.0346 e. The second-order valence-electron chi connectivity index (χ2n) is 3.58. The molecule has 0 saturated heterocycles. The Bertz CT molecular complexity index is 228. The quantitative estimate of drug-likeness (QED) is 0.705. The summed E-state index contributed by atoms with van der Waals surface area (Å²) in [5.41, 5.74) is 0. The van der Waals surface area contributed by atoms with Gasteiger partial charge in [-0.05, 0) is 38.4 Å². The summed E-state index contributed by atoms with van der Waals surface area (Å²) in [6, 6.07) is 5.68. The van der Waals surface area contributed by atoms with Crippen LogP contribution in [-0.4, -0.2) is 17.7 Å². The molecule has 0 radical (unpaired) electrons. The number of aromatic nitrogens is 1. The molecule has 12 heavy (non-hydrogen) atoms. The summed E-state index contributed by atoms with van der Waals surface area (Å²) in [6.45, 7) is 0. The average molecular weight is 164 g/mol. The van der Waals surface area contributed by atoms with E-state index in [0.717, 1.165) is 12.1 Å². The first-order chi connectivity index (χ1) is 5.90. The monoisotopic (exact) mass is 164 g/mol. The molecule has 1 fully saturated rings. The van der Waals surface area contributed by atoms with E-state index in [0.29, 0.717) is 0 Å². The molecule has 0 aromatic carbocycles. The van der Waals surface area contributed by atoms with Crippen molar-refractivity contribution in [2.75, 3.05) is 7.05 Å². The van der Waals surface area contributed by atoms with Crippen LogP contribution in [0.4, 0.5) is 0 Å². The van der Waals surface area contributed by atoms with E-state index in [-0.39, 0.29) is 0 Å². The van der Waals surface area contributed by atoms with Gasteiger partial charge < -0.3 is 9.88 Å². The van der Waals surface area contributed by atoms with Crippen molar-refractivity contribution in [3.63, 3.8) is 0 Å². The van der Waals surface area contributed by atoms with Crippen molar-refractivity contribution >= 4 is 0 Å². The van der Waals surface area contributed by atoms with Crippen LogP contribution in [0.15, 0.2) is 24.5 Å². The lowest BCUT2D eigenvalue weighted by Crippen LogP contribution is -2.21. The van der Waals surface area contributed by atoms with Gasteiger partial charge in [0.15, 0.2) is 0 Å². The molecule has 0 bridgehead atoms. The van der Waals surface area contributed by atoms with Gasteiger partial charge in [-0.2, -0.15) is 0 Å². The van der Waals surface area contributed by atoms with Crippen LogP contribution in [0, 0.1) is 0 Å². The van der Waals surface area contributed by atoms with E-state index >= 15 is 0 Å². The molecule has 0 spiro atoms. The van der Waals surface area contributed by atoms with Crippen molar-refractivity contribution in [1.82, 2.24) is 9.88 Å². The Morgan fingerprint density at radius 1 is 1.25 bits per heavy atom. The van der Waals surface area contributed by atoms with Gasteiger partial charge in [-0.25, -0.2) is 0 Å². The standard InChI is InChI=1S/C10H16N2/c1-11-9-4-5-10(8-9)12-6-2-3-7-12/h2-3,6-7,9-11H,4-5,8H2,1H3. The van der Waals surface area contributed by atoms with Crippen molar-refractivity contribution in [1.29, 1.82) is 0 Å². The highest BCUT2D eigenvalue weighted by Gasteiger charge is 2.23. The first-order valence-electron chi connectivity index (χ1n) is 4.70. The molecular formula is C10H16N2. The fraction of sp³-hybridized carbons (Fsp3) is 0.600. The van der Waals surface area contributed by atoms with E-state index in [2.05, 4.69) is 41.5 Å². The first kappa shape index (κ1) is 7.87. The molecule has 1 aromatic rings. The largest absolute Gasteiger partial charge is 0.351 e.